The first-order valence-corrected chi connectivity index (χ1v) is 5.18. The van der Waals surface area contributed by atoms with Gasteiger partial charge in [0.1, 0.15) is 0 Å². The predicted molar refractivity (Wildman–Crippen MR) is 57.3 cm³/mol. The summed E-state index contributed by atoms with van der Waals surface area (Å²) in [5, 5.41) is 8.59. The number of nitrogens with one attached hydrogen (secondary N) is 3. The summed E-state index contributed by atoms with van der Waals surface area (Å²) >= 11 is 0. The van der Waals surface area contributed by atoms with Gasteiger partial charge < -0.3 is 16.0 Å². The smallest absolute Gasteiger partial charge is 0.234 e. The maximum absolute atomic E-state index is 11.4. The minimum atomic E-state index is -0.206. The van der Waals surface area contributed by atoms with Gasteiger partial charge in [0.25, 0.3) is 0 Å². The first-order chi connectivity index (χ1) is 6.87. The summed E-state index contributed by atoms with van der Waals surface area (Å²) in [4.78, 5) is 22.3. The van der Waals surface area contributed by atoms with Crippen molar-refractivity contribution in [3.8, 4) is 0 Å². The molecule has 1 unspecified atom stereocenters. The van der Waals surface area contributed by atoms with E-state index < -0.39 is 0 Å². The zero-order valence-electron chi connectivity index (χ0n) is 9.52. The Morgan fingerprint density at radius 1 is 1.53 bits per heavy atom. The van der Waals surface area contributed by atoms with Gasteiger partial charge in [0.05, 0.1) is 6.54 Å². The molecule has 1 atom stereocenters. The monoisotopic (exact) mass is 213 g/mol. The lowest BCUT2D eigenvalue weighted by atomic mass is 10.1. The highest BCUT2D eigenvalue weighted by Crippen LogP contribution is 1.99. The van der Waals surface area contributed by atoms with Crippen LogP contribution in [0.4, 0.5) is 0 Å². The largest absolute Gasteiger partial charge is 0.354 e. The Morgan fingerprint density at radius 2 is 2.20 bits per heavy atom. The molecule has 0 bridgehead atoms. The standard InChI is InChI=1S/C10H19N3O2/c1-10(2,3)13-9(15)6-11-7-4-8(14)12-5-7/h7,11H,4-6H2,1-3H3,(H,12,14)(H,13,15). The molecule has 1 fully saturated rings. The number of rotatable bonds is 3. The molecule has 0 spiro atoms. The van der Waals surface area contributed by atoms with Crippen molar-refractivity contribution in [2.45, 2.75) is 38.8 Å². The zero-order valence-corrected chi connectivity index (χ0v) is 9.52. The van der Waals surface area contributed by atoms with Crippen LogP contribution in [0.3, 0.4) is 0 Å². The van der Waals surface area contributed by atoms with E-state index in [-0.39, 0.29) is 29.9 Å². The zero-order chi connectivity index (χ0) is 11.5. The van der Waals surface area contributed by atoms with Gasteiger partial charge in [0.15, 0.2) is 0 Å². The Morgan fingerprint density at radius 3 is 2.67 bits per heavy atom. The molecule has 0 aromatic heterocycles. The van der Waals surface area contributed by atoms with Gasteiger partial charge in [0, 0.05) is 24.5 Å². The van der Waals surface area contributed by atoms with Crippen LogP contribution >= 0.6 is 0 Å². The molecular formula is C10H19N3O2. The molecular weight excluding hydrogens is 194 g/mol. The van der Waals surface area contributed by atoms with Crippen LogP contribution in [0.2, 0.25) is 0 Å². The first kappa shape index (κ1) is 12.0. The van der Waals surface area contributed by atoms with Crippen LogP contribution < -0.4 is 16.0 Å². The second-order valence-corrected chi connectivity index (χ2v) is 4.88. The van der Waals surface area contributed by atoms with Crippen LogP contribution in [-0.2, 0) is 9.59 Å². The summed E-state index contributed by atoms with van der Waals surface area (Å²) in [5.74, 6) is 0.00517. The van der Waals surface area contributed by atoms with Gasteiger partial charge in [0.2, 0.25) is 11.8 Å². The predicted octanol–water partition coefficient (Wildman–Crippen LogP) is -0.621. The molecule has 1 heterocycles. The lowest BCUT2D eigenvalue weighted by Gasteiger charge is -2.21. The van der Waals surface area contributed by atoms with Crippen molar-refractivity contribution < 1.29 is 9.59 Å². The van der Waals surface area contributed by atoms with Crippen molar-refractivity contribution in [2.24, 2.45) is 0 Å². The van der Waals surface area contributed by atoms with E-state index in [2.05, 4.69) is 16.0 Å². The van der Waals surface area contributed by atoms with E-state index in [4.69, 9.17) is 0 Å². The molecule has 0 radical (unpaired) electrons. The Kier molecular flexibility index (Phi) is 3.68. The first-order valence-electron chi connectivity index (χ1n) is 5.18. The topological polar surface area (TPSA) is 70.2 Å². The van der Waals surface area contributed by atoms with Crippen LogP contribution in [-0.4, -0.2) is 36.5 Å². The van der Waals surface area contributed by atoms with E-state index in [1.165, 1.54) is 0 Å². The molecule has 2 amide bonds. The maximum Gasteiger partial charge on any atom is 0.234 e. The van der Waals surface area contributed by atoms with Crippen LogP contribution in [0, 0.1) is 0 Å². The quantitative estimate of drug-likeness (QED) is 0.585. The lowest BCUT2D eigenvalue weighted by Crippen LogP contribution is -2.47. The average molecular weight is 213 g/mol. The molecule has 86 valence electrons. The third-order valence-corrected chi connectivity index (χ3v) is 2.04. The van der Waals surface area contributed by atoms with Crippen molar-refractivity contribution in [3.05, 3.63) is 0 Å². The van der Waals surface area contributed by atoms with Crippen LogP contribution in [0.1, 0.15) is 27.2 Å². The van der Waals surface area contributed by atoms with E-state index in [1.54, 1.807) is 0 Å². The van der Waals surface area contributed by atoms with Crippen molar-refractivity contribution in [3.63, 3.8) is 0 Å². The molecule has 3 N–H and O–H groups in total. The molecule has 0 aromatic carbocycles. The van der Waals surface area contributed by atoms with Crippen molar-refractivity contribution in [1.29, 1.82) is 0 Å². The molecule has 0 saturated carbocycles. The third kappa shape index (κ3) is 4.78. The van der Waals surface area contributed by atoms with Gasteiger partial charge in [-0.2, -0.15) is 0 Å². The minimum absolute atomic E-state index is 0.0400. The fourth-order valence-electron chi connectivity index (χ4n) is 1.45. The fraction of sp³-hybridized carbons (Fsp3) is 0.800. The van der Waals surface area contributed by atoms with Crippen molar-refractivity contribution in [1.82, 2.24) is 16.0 Å². The molecule has 1 saturated heterocycles. The molecule has 15 heavy (non-hydrogen) atoms. The number of carbonyl (C=O) groups excluding carboxylic acids is 2. The van der Waals surface area contributed by atoms with Gasteiger partial charge in [-0.1, -0.05) is 0 Å². The molecule has 0 aromatic rings. The summed E-state index contributed by atoms with van der Waals surface area (Å²) in [5.41, 5.74) is -0.206. The summed E-state index contributed by atoms with van der Waals surface area (Å²) < 4.78 is 0. The highest BCUT2D eigenvalue weighted by molar-refractivity contribution is 5.80. The SMILES string of the molecule is CC(C)(C)NC(=O)CNC1CNC(=O)C1. The Balaban J connectivity index is 2.20. The maximum atomic E-state index is 11.4. The van der Waals surface area contributed by atoms with Crippen molar-refractivity contribution >= 4 is 11.8 Å². The number of hydrogen-bond acceptors (Lipinski definition) is 3. The number of amides is 2. The minimum Gasteiger partial charge on any atom is -0.354 e. The van der Waals surface area contributed by atoms with Gasteiger partial charge in [-0.15, -0.1) is 0 Å². The van der Waals surface area contributed by atoms with E-state index >= 15 is 0 Å². The van der Waals surface area contributed by atoms with Gasteiger partial charge >= 0.3 is 0 Å². The summed E-state index contributed by atoms with van der Waals surface area (Å²) in [6, 6.07) is 0.0863. The fourth-order valence-corrected chi connectivity index (χ4v) is 1.45. The molecule has 1 aliphatic heterocycles. The van der Waals surface area contributed by atoms with E-state index in [0.29, 0.717) is 13.0 Å². The highest BCUT2D eigenvalue weighted by Gasteiger charge is 2.22. The normalized spacial score (nSPS) is 21.3. The summed E-state index contributed by atoms with van der Waals surface area (Å²) in [6.07, 6.45) is 0.461. The third-order valence-electron chi connectivity index (χ3n) is 2.04. The highest BCUT2D eigenvalue weighted by atomic mass is 16.2. The van der Waals surface area contributed by atoms with Crippen molar-refractivity contribution in [2.75, 3.05) is 13.1 Å². The Bertz CT molecular complexity index is 258. The number of carbonyl (C=O) groups is 2. The Labute approximate surface area is 90.0 Å². The van der Waals surface area contributed by atoms with E-state index in [9.17, 15) is 9.59 Å². The van der Waals surface area contributed by atoms with Crippen LogP contribution in [0.25, 0.3) is 0 Å². The average Bonchev–Trinajstić information content (AvgIpc) is 2.45. The second-order valence-electron chi connectivity index (χ2n) is 4.88. The molecule has 5 heteroatoms. The van der Waals surface area contributed by atoms with Gasteiger partial charge in [-0.3, -0.25) is 9.59 Å². The second kappa shape index (κ2) is 4.61. The molecule has 5 nitrogen and oxygen atoms in total. The Hall–Kier alpha value is -1.10. The van der Waals surface area contributed by atoms with E-state index in [1.807, 2.05) is 20.8 Å². The van der Waals surface area contributed by atoms with Gasteiger partial charge in [-0.25, -0.2) is 0 Å². The summed E-state index contributed by atoms with van der Waals surface area (Å²) in [6.45, 7) is 6.68. The lowest BCUT2D eigenvalue weighted by molar-refractivity contribution is -0.122. The van der Waals surface area contributed by atoms with E-state index in [0.717, 1.165) is 0 Å². The molecule has 1 aliphatic rings. The summed E-state index contributed by atoms with van der Waals surface area (Å²) in [7, 11) is 0. The van der Waals surface area contributed by atoms with Crippen LogP contribution in [0.15, 0.2) is 0 Å². The molecule has 0 aliphatic carbocycles. The van der Waals surface area contributed by atoms with Gasteiger partial charge in [-0.05, 0) is 20.8 Å². The number of hydrogen-bond donors (Lipinski definition) is 3. The molecule has 1 rings (SSSR count). The van der Waals surface area contributed by atoms with Crippen LogP contribution in [0.5, 0.6) is 0 Å².